The minimum absolute atomic E-state index is 0.558. The predicted molar refractivity (Wildman–Crippen MR) is 71.0 cm³/mol. The lowest BCUT2D eigenvalue weighted by molar-refractivity contribution is 0.454. The summed E-state index contributed by atoms with van der Waals surface area (Å²) < 4.78 is 0. The average Bonchev–Trinajstić information content (AvgIpc) is 2.40. The van der Waals surface area contributed by atoms with E-state index in [1.54, 1.807) is 0 Å². The van der Waals surface area contributed by atoms with Gasteiger partial charge in [-0.1, -0.05) is 18.2 Å². The molecule has 1 aromatic carbocycles. The van der Waals surface area contributed by atoms with Crippen LogP contribution in [-0.2, 0) is 0 Å². The molecule has 3 heteroatoms. The maximum absolute atomic E-state index is 6.11. The predicted octanol–water partition coefficient (Wildman–Crippen LogP) is 2.28. The maximum Gasteiger partial charge on any atom is 0.0726 e. The van der Waals surface area contributed by atoms with E-state index in [0.717, 1.165) is 48.2 Å². The van der Waals surface area contributed by atoms with E-state index < -0.39 is 0 Å². The molecule has 0 radical (unpaired) electrons. The van der Waals surface area contributed by atoms with Crippen molar-refractivity contribution >= 4 is 16.6 Å². The molecule has 88 valence electrons. The molecular formula is C14H17N3. The van der Waals surface area contributed by atoms with Gasteiger partial charge in [-0.3, -0.25) is 4.98 Å². The molecule has 3 nitrogen and oxygen atoms in total. The summed E-state index contributed by atoms with van der Waals surface area (Å²) in [6.07, 6.45) is 2.32. The molecule has 0 amide bonds. The van der Waals surface area contributed by atoms with Gasteiger partial charge in [0.05, 0.1) is 5.52 Å². The third-order valence-corrected chi connectivity index (χ3v) is 3.53. The zero-order valence-electron chi connectivity index (χ0n) is 9.82. The quantitative estimate of drug-likeness (QED) is 0.786. The summed E-state index contributed by atoms with van der Waals surface area (Å²) in [5.74, 6) is 0.558. The second-order valence-electron chi connectivity index (χ2n) is 4.68. The number of fused-ring (bicyclic) bond motifs is 1. The molecule has 1 saturated heterocycles. The molecule has 2 aromatic rings. The standard InChI is InChI=1S/C14H17N3/c15-12-9-14(10-5-7-16-8-6-10)17-13-4-2-1-3-11(12)13/h1-4,9-10,16H,5-8H2,(H2,15,17). The molecule has 0 saturated carbocycles. The van der Waals surface area contributed by atoms with E-state index >= 15 is 0 Å². The third-order valence-electron chi connectivity index (χ3n) is 3.53. The summed E-state index contributed by atoms with van der Waals surface area (Å²) >= 11 is 0. The SMILES string of the molecule is Nc1cc(C2CCNCC2)nc2ccccc12. The summed E-state index contributed by atoms with van der Waals surface area (Å²) in [6.45, 7) is 2.16. The van der Waals surface area contributed by atoms with Gasteiger partial charge >= 0.3 is 0 Å². The van der Waals surface area contributed by atoms with Gasteiger partial charge in [-0.2, -0.15) is 0 Å². The molecule has 0 spiro atoms. The first-order valence-corrected chi connectivity index (χ1v) is 6.20. The van der Waals surface area contributed by atoms with Gasteiger partial charge in [0.2, 0.25) is 0 Å². The van der Waals surface area contributed by atoms with Crippen molar-refractivity contribution in [3.63, 3.8) is 0 Å². The number of anilines is 1. The average molecular weight is 227 g/mol. The van der Waals surface area contributed by atoms with Gasteiger partial charge in [-0.15, -0.1) is 0 Å². The minimum atomic E-state index is 0.558. The van der Waals surface area contributed by atoms with Crippen molar-refractivity contribution in [1.82, 2.24) is 10.3 Å². The first kappa shape index (κ1) is 10.5. The largest absolute Gasteiger partial charge is 0.398 e. The Hall–Kier alpha value is -1.61. The van der Waals surface area contributed by atoms with E-state index in [-0.39, 0.29) is 0 Å². The van der Waals surface area contributed by atoms with E-state index in [2.05, 4.69) is 11.4 Å². The summed E-state index contributed by atoms with van der Waals surface area (Å²) in [5, 5.41) is 4.44. The number of nitrogen functional groups attached to an aromatic ring is 1. The fraction of sp³-hybridized carbons (Fsp3) is 0.357. The second-order valence-corrected chi connectivity index (χ2v) is 4.68. The highest BCUT2D eigenvalue weighted by molar-refractivity contribution is 5.90. The smallest absolute Gasteiger partial charge is 0.0726 e. The summed E-state index contributed by atoms with van der Waals surface area (Å²) in [6, 6.07) is 10.1. The molecule has 2 heterocycles. The number of nitrogens with zero attached hydrogens (tertiary/aromatic N) is 1. The Balaban J connectivity index is 2.05. The summed E-state index contributed by atoms with van der Waals surface area (Å²) in [4.78, 5) is 4.75. The van der Waals surface area contributed by atoms with Crippen molar-refractivity contribution in [2.24, 2.45) is 0 Å². The number of aromatic nitrogens is 1. The molecule has 0 aliphatic carbocycles. The van der Waals surface area contributed by atoms with Crippen molar-refractivity contribution in [2.45, 2.75) is 18.8 Å². The Bertz CT molecular complexity index is 530. The lowest BCUT2D eigenvalue weighted by Crippen LogP contribution is -2.27. The molecule has 1 aromatic heterocycles. The normalized spacial score (nSPS) is 17.4. The molecular weight excluding hydrogens is 210 g/mol. The number of rotatable bonds is 1. The number of hydrogen-bond acceptors (Lipinski definition) is 3. The van der Waals surface area contributed by atoms with Crippen molar-refractivity contribution < 1.29 is 0 Å². The van der Waals surface area contributed by atoms with Crippen LogP contribution in [0.2, 0.25) is 0 Å². The van der Waals surface area contributed by atoms with E-state index in [1.807, 2.05) is 24.3 Å². The van der Waals surface area contributed by atoms with Gasteiger partial charge in [-0.05, 0) is 38.1 Å². The van der Waals surface area contributed by atoms with Crippen LogP contribution < -0.4 is 11.1 Å². The highest BCUT2D eigenvalue weighted by Gasteiger charge is 2.17. The third kappa shape index (κ3) is 1.98. The molecule has 1 fully saturated rings. The zero-order valence-corrected chi connectivity index (χ0v) is 9.82. The number of para-hydroxylation sites is 1. The van der Waals surface area contributed by atoms with Gasteiger partial charge in [-0.25, -0.2) is 0 Å². The van der Waals surface area contributed by atoms with Crippen LogP contribution in [0.5, 0.6) is 0 Å². The number of nitrogens with one attached hydrogen (secondary N) is 1. The van der Waals surface area contributed by atoms with Gasteiger partial charge in [0.1, 0.15) is 0 Å². The van der Waals surface area contributed by atoms with Crippen molar-refractivity contribution in [3.8, 4) is 0 Å². The van der Waals surface area contributed by atoms with E-state index in [0.29, 0.717) is 5.92 Å². The van der Waals surface area contributed by atoms with Crippen LogP contribution in [0.1, 0.15) is 24.5 Å². The second kappa shape index (κ2) is 4.34. The summed E-state index contributed by atoms with van der Waals surface area (Å²) in [7, 11) is 0. The lowest BCUT2D eigenvalue weighted by atomic mass is 9.93. The number of benzene rings is 1. The van der Waals surface area contributed by atoms with Crippen LogP contribution in [-0.4, -0.2) is 18.1 Å². The van der Waals surface area contributed by atoms with E-state index in [1.165, 1.54) is 0 Å². The van der Waals surface area contributed by atoms with Crippen molar-refractivity contribution in [1.29, 1.82) is 0 Å². The molecule has 1 aliphatic rings. The van der Waals surface area contributed by atoms with Crippen LogP contribution >= 0.6 is 0 Å². The van der Waals surface area contributed by atoms with Crippen molar-refractivity contribution in [2.75, 3.05) is 18.8 Å². The molecule has 0 atom stereocenters. The van der Waals surface area contributed by atoms with Gasteiger partial charge in [0.25, 0.3) is 0 Å². The van der Waals surface area contributed by atoms with Crippen LogP contribution in [0.25, 0.3) is 10.9 Å². The van der Waals surface area contributed by atoms with Crippen LogP contribution in [0.15, 0.2) is 30.3 Å². The Labute approximate surface area is 101 Å². The van der Waals surface area contributed by atoms with E-state index in [9.17, 15) is 0 Å². The molecule has 0 unspecified atom stereocenters. The first-order valence-electron chi connectivity index (χ1n) is 6.20. The molecule has 0 bridgehead atoms. The molecule has 17 heavy (non-hydrogen) atoms. The molecule has 1 aliphatic heterocycles. The Morgan fingerprint density at radius 1 is 1.18 bits per heavy atom. The Kier molecular flexibility index (Phi) is 2.69. The number of nitrogens with two attached hydrogens (primary N) is 1. The molecule has 3 N–H and O–H groups in total. The monoisotopic (exact) mass is 227 g/mol. The number of pyridine rings is 1. The van der Waals surface area contributed by atoms with Gasteiger partial charge in [0.15, 0.2) is 0 Å². The van der Waals surface area contributed by atoms with Crippen LogP contribution in [0.4, 0.5) is 5.69 Å². The highest BCUT2D eigenvalue weighted by atomic mass is 14.9. The minimum Gasteiger partial charge on any atom is -0.398 e. The van der Waals surface area contributed by atoms with Crippen LogP contribution in [0, 0.1) is 0 Å². The molecule has 3 rings (SSSR count). The maximum atomic E-state index is 6.11. The Morgan fingerprint density at radius 3 is 2.76 bits per heavy atom. The fourth-order valence-electron chi connectivity index (χ4n) is 2.55. The number of hydrogen-bond donors (Lipinski definition) is 2. The highest BCUT2D eigenvalue weighted by Crippen LogP contribution is 2.28. The zero-order chi connectivity index (χ0) is 11.7. The first-order chi connectivity index (χ1) is 8.34. The summed E-state index contributed by atoms with van der Waals surface area (Å²) in [5.41, 5.74) is 9.13. The van der Waals surface area contributed by atoms with Gasteiger partial charge < -0.3 is 11.1 Å². The van der Waals surface area contributed by atoms with Crippen molar-refractivity contribution in [3.05, 3.63) is 36.0 Å². The van der Waals surface area contributed by atoms with Crippen LogP contribution in [0.3, 0.4) is 0 Å². The topological polar surface area (TPSA) is 50.9 Å². The fourth-order valence-corrected chi connectivity index (χ4v) is 2.55. The van der Waals surface area contributed by atoms with E-state index in [4.69, 9.17) is 10.7 Å². The van der Waals surface area contributed by atoms with Gasteiger partial charge in [0, 0.05) is 22.7 Å². The number of piperidine rings is 1. The Morgan fingerprint density at radius 2 is 1.94 bits per heavy atom. The lowest BCUT2D eigenvalue weighted by Gasteiger charge is -2.22.